The first-order valence-corrected chi connectivity index (χ1v) is 11.1. The Hall–Kier alpha value is -1.60. The Kier molecular flexibility index (Phi) is 9.26. The van der Waals surface area contributed by atoms with Crippen molar-refractivity contribution in [2.75, 3.05) is 31.5 Å². The molecule has 27 heavy (non-hydrogen) atoms. The van der Waals surface area contributed by atoms with Crippen LogP contribution < -0.4 is 9.62 Å². The summed E-state index contributed by atoms with van der Waals surface area (Å²) in [5, 5.41) is 2.92. The highest BCUT2D eigenvalue weighted by molar-refractivity contribution is 7.90. The lowest BCUT2D eigenvalue weighted by Gasteiger charge is -2.28. The number of amides is 1. The molecular formula is C20H35N3O3S. The number of hydrogen-bond acceptors (Lipinski definition) is 3. The third-order valence-electron chi connectivity index (χ3n) is 4.79. The molecule has 7 heteroatoms. The maximum absolute atomic E-state index is 12.8. The molecule has 1 atom stereocenters. The zero-order chi connectivity index (χ0) is 20.6. The summed E-state index contributed by atoms with van der Waals surface area (Å²) in [6.07, 6.45) is 4.34. The van der Waals surface area contributed by atoms with E-state index in [9.17, 15) is 13.2 Å². The number of carbonyl (C=O) groups is 1. The smallest absolute Gasteiger partial charge is 0.304 e. The van der Waals surface area contributed by atoms with Crippen LogP contribution in [-0.2, 0) is 15.0 Å². The van der Waals surface area contributed by atoms with E-state index < -0.39 is 10.2 Å². The van der Waals surface area contributed by atoms with Crippen LogP contribution in [0.5, 0.6) is 0 Å². The summed E-state index contributed by atoms with van der Waals surface area (Å²) < 4.78 is 28.0. The SMILES string of the molecule is CCCC[C@@H](CC)CNC(=O)CN(c1cc(C)ccc1C)S(=O)(=O)N(C)C. The van der Waals surface area contributed by atoms with Crippen molar-refractivity contribution in [2.24, 2.45) is 5.92 Å². The van der Waals surface area contributed by atoms with E-state index in [1.807, 2.05) is 26.0 Å². The summed E-state index contributed by atoms with van der Waals surface area (Å²) in [4.78, 5) is 12.6. The van der Waals surface area contributed by atoms with Gasteiger partial charge in [0.05, 0.1) is 5.69 Å². The summed E-state index contributed by atoms with van der Waals surface area (Å²) in [6, 6.07) is 5.61. The van der Waals surface area contributed by atoms with Crippen molar-refractivity contribution < 1.29 is 13.2 Å². The number of unbranched alkanes of at least 4 members (excludes halogenated alkanes) is 1. The third-order valence-corrected chi connectivity index (χ3v) is 6.60. The van der Waals surface area contributed by atoms with Gasteiger partial charge in [0.15, 0.2) is 0 Å². The van der Waals surface area contributed by atoms with Crippen LogP contribution in [0, 0.1) is 19.8 Å². The van der Waals surface area contributed by atoms with Gasteiger partial charge in [0.1, 0.15) is 6.54 Å². The second-order valence-corrected chi connectivity index (χ2v) is 9.37. The molecule has 154 valence electrons. The number of rotatable bonds is 11. The Bertz CT molecular complexity index is 717. The van der Waals surface area contributed by atoms with Gasteiger partial charge in [-0.05, 0) is 43.4 Å². The standard InChI is InChI=1S/C20H35N3O3S/c1-7-9-10-18(8-2)14-21-20(24)15-23(27(25,26)22(5)6)19-13-16(3)11-12-17(19)4/h11-13,18H,7-10,14-15H2,1-6H3,(H,21,24)/t18-/m1/s1. The topological polar surface area (TPSA) is 69.7 Å². The zero-order valence-electron chi connectivity index (χ0n) is 17.6. The summed E-state index contributed by atoms with van der Waals surface area (Å²) in [7, 11) is -0.828. The van der Waals surface area contributed by atoms with E-state index in [4.69, 9.17) is 0 Å². The normalized spacial score (nSPS) is 12.9. The molecule has 0 unspecified atom stereocenters. The van der Waals surface area contributed by atoms with E-state index in [-0.39, 0.29) is 12.5 Å². The Balaban J connectivity index is 2.99. The van der Waals surface area contributed by atoms with Crippen LogP contribution in [0.2, 0.25) is 0 Å². The maximum Gasteiger partial charge on any atom is 0.304 e. The van der Waals surface area contributed by atoms with Crippen molar-refractivity contribution in [1.29, 1.82) is 0 Å². The average molecular weight is 398 g/mol. The highest BCUT2D eigenvalue weighted by Crippen LogP contribution is 2.25. The molecule has 1 amide bonds. The van der Waals surface area contributed by atoms with Gasteiger partial charge in [-0.25, -0.2) is 4.31 Å². The van der Waals surface area contributed by atoms with Crippen LogP contribution in [-0.4, -0.2) is 45.8 Å². The van der Waals surface area contributed by atoms with Crippen LogP contribution in [0.1, 0.15) is 50.7 Å². The Labute approximate surface area is 165 Å². The molecular weight excluding hydrogens is 362 g/mol. The van der Waals surface area contributed by atoms with E-state index in [1.165, 1.54) is 18.4 Å². The first-order chi connectivity index (χ1) is 12.6. The molecule has 0 aromatic heterocycles. The molecule has 0 fully saturated rings. The average Bonchev–Trinajstić information content (AvgIpc) is 2.61. The molecule has 0 radical (unpaired) electrons. The fourth-order valence-electron chi connectivity index (χ4n) is 2.86. The van der Waals surface area contributed by atoms with Gasteiger partial charge in [-0.2, -0.15) is 12.7 Å². The fraction of sp³-hybridized carbons (Fsp3) is 0.650. The number of nitrogens with zero attached hydrogens (tertiary/aromatic N) is 2. The maximum atomic E-state index is 12.8. The van der Waals surface area contributed by atoms with E-state index in [0.29, 0.717) is 18.2 Å². The van der Waals surface area contributed by atoms with Crippen LogP contribution in [0.25, 0.3) is 0 Å². The van der Waals surface area contributed by atoms with Crippen LogP contribution in [0.15, 0.2) is 18.2 Å². The lowest BCUT2D eigenvalue weighted by Crippen LogP contribution is -2.46. The number of carbonyl (C=O) groups excluding carboxylic acids is 1. The molecule has 0 saturated heterocycles. The Morgan fingerprint density at radius 2 is 1.85 bits per heavy atom. The molecule has 1 rings (SSSR count). The van der Waals surface area contributed by atoms with Gasteiger partial charge in [-0.15, -0.1) is 0 Å². The lowest BCUT2D eigenvalue weighted by atomic mass is 9.99. The van der Waals surface area contributed by atoms with Crippen LogP contribution in [0.3, 0.4) is 0 Å². The van der Waals surface area contributed by atoms with E-state index in [0.717, 1.165) is 41.1 Å². The number of hydrogen-bond donors (Lipinski definition) is 1. The number of nitrogens with one attached hydrogen (secondary N) is 1. The minimum atomic E-state index is -3.78. The summed E-state index contributed by atoms with van der Waals surface area (Å²) in [5.74, 6) is 0.143. The second-order valence-electron chi connectivity index (χ2n) is 7.31. The molecule has 0 bridgehead atoms. The van der Waals surface area contributed by atoms with E-state index in [2.05, 4.69) is 19.2 Å². The minimum Gasteiger partial charge on any atom is -0.354 e. The van der Waals surface area contributed by atoms with Gasteiger partial charge in [0.2, 0.25) is 5.91 Å². The van der Waals surface area contributed by atoms with Crippen molar-refractivity contribution >= 4 is 21.8 Å². The molecule has 1 N–H and O–H groups in total. The minimum absolute atomic E-state index is 0.227. The summed E-state index contributed by atoms with van der Waals surface area (Å²) >= 11 is 0. The van der Waals surface area contributed by atoms with E-state index >= 15 is 0 Å². The largest absolute Gasteiger partial charge is 0.354 e. The van der Waals surface area contributed by atoms with Gasteiger partial charge in [-0.1, -0.05) is 45.2 Å². The third kappa shape index (κ3) is 6.81. The number of benzene rings is 1. The zero-order valence-corrected chi connectivity index (χ0v) is 18.4. The first-order valence-electron chi connectivity index (χ1n) is 9.67. The molecule has 6 nitrogen and oxygen atoms in total. The van der Waals surface area contributed by atoms with Gasteiger partial charge in [-0.3, -0.25) is 4.79 Å². The van der Waals surface area contributed by atoms with Crippen molar-refractivity contribution in [1.82, 2.24) is 9.62 Å². The monoisotopic (exact) mass is 397 g/mol. The van der Waals surface area contributed by atoms with Gasteiger partial charge >= 0.3 is 10.2 Å². The van der Waals surface area contributed by atoms with E-state index in [1.54, 1.807) is 6.07 Å². The van der Waals surface area contributed by atoms with Crippen LogP contribution >= 0.6 is 0 Å². The van der Waals surface area contributed by atoms with Crippen molar-refractivity contribution in [3.63, 3.8) is 0 Å². The molecule has 0 aliphatic rings. The molecule has 0 saturated carbocycles. The molecule has 1 aromatic rings. The number of aryl methyl sites for hydroxylation is 2. The Morgan fingerprint density at radius 3 is 2.41 bits per heavy atom. The molecule has 0 heterocycles. The van der Waals surface area contributed by atoms with Gasteiger partial charge in [0.25, 0.3) is 0 Å². The predicted molar refractivity (Wildman–Crippen MR) is 112 cm³/mol. The summed E-state index contributed by atoms with van der Waals surface area (Å²) in [5.41, 5.74) is 2.30. The first kappa shape index (κ1) is 23.4. The van der Waals surface area contributed by atoms with Crippen molar-refractivity contribution in [3.05, 3.63) is 29.3 Å². The summed E-state index contributed by atoms with van der Waals surface area (Å²) in [6.45, 7) is 8.38. The predicted octanol–water partition coefficient (Wildman–Crippen LogP) is 3.25. The van der Waals surface area contributed by atoms with Crippen LogP contribution in [0.4, 0.5) is 5.69 Å². The molecule has 0 aliphatic heterocycles. The molecule has 0 spiro atoms. The molecule has 1 aromatic carbocycles. The number of anilines is 1. The quantitative estimate of drug-likeness (QED) is 0.623. The second kappa shape index (κ2) is 10.7. The Morgan fingerprint density at radius 1 is 1.19 bits per heavy atom. The highest BCUT2D eigenvalue weighted by atomic mass is 32.2. The van der Waals surface area contributed by atoms with Crippen molar-refractivity contribution in [3.8, 4) is 0 Å². The lowest BCUT2D eigenvalue weighted by molar-refractivity contribution is -0.119. The molecule has 0 aliphatic carbocycles. The van der Waals surface area contributed by atoms with Gasteiger partial charge < -0.3 is 5.32 Å². The highest BCUT2D eigenvalue weighted by Gasteiger charge is 2.28. The van der Waals surface area contributed by atoms with Gasteiger partial charge in [0, 0.05) is 20.6 Å². The fourth-order valence-corrected chi connectivity index (χ4v) is 3.98. The van der Waals surface area contributed by atoms with Crippen molar-refractivity contribution in [2.45, 2.75) is 53.4 Å².